The molecule has 1 aliphatic rings. The molecule has 0 aliphatic carbocycles. The molecule has 101 valence electrons. The van der Waals surface area contributed by atoms with Crippen molar-refractivity contribution in [2.75, 3.05) is 66.0 Å². The van der Waals surface area contributed by atoms with Crippen molar-refractivity contribution in [3.63, 3.8) is 0 Å². The Morgan fingerprint density at radius 1 is 0.706 bits per heavy atom. The largest absolute Gasteiger partial charge is 0.377 e. The summed E-state index contributed by atoms with van der Waals surface area (Å²) in [6.07, 6.45) is -0.181. The van der Waals surface area contributed by atoms with Crippen LogP contribution in [0, 0.1) is 0 Å². The van der Waals surface area contributed by atoms with E-state index in [1.807, 2.05) is 0 Å². The zero-order valence-corrected chi connectivity index (χ0v) is 10.2. The summed E-state index contributed by atoms with van der Waals surface area (Å²) in [5.74, 6) is 0. The highest BCUT2D eigenvalue weighted by molar-refractivity contribution is 4.56. The Hall–Kier alpha value is -0.240. The summed E-state index contributed by atoms with van der Waals surface area (Å²) in [6, 6.07) is 0. The molecule has 0 amide bonds. The molecule has 1 N–H and O–H groups in total. The minimum absolute atomic E-state index is 0.181. The van der Waals surface area contributed by atoms with Crippen molar-refractivity contribution >= 4 is 0 Å². The third kappa shape index (κ3) is 8.48. The van der Waals surface area contributed by atoms with Crippen molar-refractivity contribution in [3.05, 3.63) is 0 Å². The summed E-state index contributed by atoms with van der Waals surface area (Å²) >= 11 is 0. The second-order valence-electron chi connectivity index (χ2n) is 3.61. The van der Waals surface area contributed by atoms with Crippen LogP contribution in [-0.2, 0) is 23.7 Å². The van der Waals surface area contributed by atoms with Crippen molar-refractivity contribution in [2.24, 2.45) is 0 Å². The van der Waals surface area contributed by atoms with Crippen molar-refractivity contribution in [1.82, 2.24) is 5.73 Å². The van der Waals surface area contributed by atoms with Gasteiger partial charge in [0.15, 0.2) is 0 Å². The van der Waals surface area contributed by atoms with E-state index >= 15 is 0 Å². The molecule has 1 heterocycles. The molecular weight excluding hydrogens is 226 g/mol. The fraction of sp³-hybridized carbons (Fsp3) is 1.00. The fourth-order valence-electron chi connectivity index (χ4n) is 1.31. The first kappa shape index (κ1) is 14.8. The maximum absolute atomic E-state index is 7.31. The standard InChI is InChI=1S/C11H22NO5/c12-9-11-10-16-6-5-14-2-1-13-3-4-15-7-8-17-11/h11-12H,1-10H2. The molecule has 6 nitrogen and oxygen atoms in total. The lowest BCUT2D eigenvalue weighted by Crippen LogP contribution is -2.27. The lowest BCUT2D eigenvalue weighted by Gasteiger charge is -2.15. The Morgan fingerprint density at radius 3 is 1.71 bits per heavy atom. The van der Waals surface area contributed by atoms with Gasteiger partial charge in [0.1, 0.15) is 0 Å². The molecule has 6 heteroatoms. The van der Waals surface area contributed by atoms with Gasteiger partial charge >= 0.3 is 0 Å². The number of nitrogens with one attached hydrogen (secondary N) is 1. The molecule has 0 aromatic heterocycles. The predicted octanol–water partition coefficient (Wildman–Crippen LogP) is -0.265. The van der Waals surface area contributed by atoms with Crippen LogP contribution < -0.4 is 5.73 Å². The predicted molar refractivity (Wildman–Crippen MR) is 61.0 cm³/mol. The minimum atomic E-state index is -0.181. The SMILES string of the molecule is [NH]CC1COCCOCCOCCOCCO1. The molecule has 1 aliphatic heterocycles. The molecule has 1 radical (unpaired) electrons. The van der Waals surface area contributed by atoms with Gasteiger partial charge in [-0.05, 0) is 0 Å². The Labute approximate surface area is 102 Å². The zero-order chi connectivity index (χ0) is 12.2. The molecule has 1 unspecified atom stereocenters. The summed E-state index contributed by atoms with van der Waals surface area (Å²) in [5.41, 5.74) is 7.31. The second kappa shape index (κ2) is 10.9. The van der Waals surface area contributed by atoms with Crippen LogP contribution in [0.1, 0.15) is 0 Å². The molecule has 0 spiro atoms. The van der Waals surface area contributed by atoms with E-state index in [4.69, 9.17) is 29.4 Å². The average molecular weight is 248 g/mol. The van der Waals surface area contributed by atoms with Gasteiger partial charge in [-0.25, -0.2) is 0 Å². The van der Waals surface area contributed by atoms with Crippen molar-refractivity contribution in [1.29, 1.82) is 0 Å². The Bertz CT molecular complexity index is 154. The quantitative estimate of drug-likeness (QED) is 0.639. The van der Waals surface area contributed by atoms with Crippen molar-refractivity contribution in [3.8, 4) is 0 Å². The normalized spacial score (nSPS) is 27.0. The monoisotopic (exact) mass is 248 g/mol. The van der Waals surface area contributed by atoms with Crippen molar-refractivity contribution < 1.29 is 23.7 Å². The summed E-state index contributed by atoms with van der Waals surface area (Å²) < 4.78 is 26.7. The van der Waals surface area contributed by atoms with Gasteiger partial charge in [-0.3, -0.25) is 5.73 Å². The lowest BCUT2D eigenvalue weighted by atomic mass is 10.4. The van der Waals surface area contributed by atoms with E-state index in [1.54, 1.807) is 0 Å². The third-order valence-corrected chi connectivity index (χ3v) is 2.23. The van der Waals surface area contributed by atoms with E-state index < -0.39 is 0 Å². The lowest BCUT2D eigenvalue weighted by molar-refractivity contribution is -0.0420. The molecule has 1 atom stereocenters. The Balaban J connectivity index is 2.16. The van der Waals surface area contributed by atoms with Gasteiger partial charge in [0.25, 0.3) is 0 Å². The van der Waals surface area contributed by atoms with Crippen LogP contribution >= 0.6 is 0 Å². The topological polar surface area (TPSA) is 70.0 Å². The van der Waals surface area contributed by atoms with Gasteiger partial charge in [0, 0.05) is 6.54 Å². The zero-order valence-electron chi connectivity index (χ0n) is 10.2. The van der Waals surface area contributed by atoms with Crippen LogP contribution in [-0.4, -0.2) is 72.1 Å². The van der Waals surface area contributed by atoms with Gasteiger partial charge < -0.3 is 23.7 Å². The number of hydrogen-bond donors (Lipinski definition) is 0. The van der Waals surface area contributed by atoms with Gasteiger partial charge in [0.2, 0.25) is 0 Å². The van der Waals surface area contributed by atoms with Crippen LogP contribution in [0.4, 0.5) is 0 Å². The van der Waals surface area contributed by atoms with E-state index in [1.165, 1.54) is 0 Å². The van der Waals surface area contributed by atoms with E-state index in [2.05, 4.69) is 0 Å². The summed E-state index contributed by atoms with van der Waals surface area (Å²) in [7, 11) is 0. The van der Waals surface area contributed by atoms with E-state index in [9.17, 15) is 0 Å². The van der Waals surface area contributed by atoms with E-state index in [0.29, 0.717) is 59.5 Å². The summed E-state index contributed by atoms with van der Waals surface area (Å²) in [5, 5.41) is 0. The Kier molecular flexibility index (Phi) is 9.49. The number of ether oxygens (including phenoxy) is 5. The van der Waals surface area contributed by atoms with E-state index in [-0.39, 0.29) is 12.6 Å². The van der Waals surface area contributed by atoms with Gasteiger partial charge in [-0.2, -0.15) is 0 Å². The first-order valence-electron chi connectivity index (χ1n) is 6.00. The highest BCUT2D eigenvalue weighted by atomic mass is 16.6. The minimum Gasteiger partial charge on any atom is -0.377 e. The van der Waals surface area contributed by atoms with Gasteiger partial charge in [-0.1, -0.05) is 0 Å². The van der Waals surface area contributed by atoms with Crippen LogP contribution in [0.3, 0.4) is 0 Å². The van der Waals surface area contributed by atoms with Crippen LogP contribution in [0.25, 0.3) is 0 Å². The molecule has 0 bridgehead atoms. The van der Waals surface area contributed by atoms with Crippen molar-refractivity contribution in [2.45, 2.75) is 6.10 Å². The van der Waals surface area contributed by atoms with E-state index in [0.717, 1.165) is 0 Å². The molecule has 1 saturated heterocycles. The first-order chi connectivity index (χ1) is 8.43. The first-order valence-corrected chi connectivity index (χ1v) is 6.00. The fourth-order valence-corrected chi connectivity index (χ4v) is 1.31. The second-order valence-corrected chi connectivity index (χ2v) is 3.61. The molecular formula is C11H22NO5. The number of rotatable bonds is 1. The van der Waals surface area contributed by atoms with Crippen LogP contribution in [0.5, 0.6) is 0 Å². The summed E-state index contributed by atoms with van der Waals surface area (Å²) in [6.45, 7) is 5.00. The molecule has 17 heavy (non-hydrogen) atoms. The average Bonchev–Trinajstić information content (AvgIpc) is 2.36. The molecule has 1 fully saturated rings. The van der Waals surface area contributed by atoms with Gasteiger partial charge in [0.05, 0.1) is 65.6 Å². The highest BCUT2D eigenvalue weighted by Gasteiger charge is 2.07. The van der Waals surface area contributed by atoms with Crippen LogP contribution in [0.2, 0.25) is 0 Å². The molecule has 0 aromatic rings. The third-order valence-electron chi connectivity index (χ3n) is 2.23. The Morgan fingerprint density at radius 2 is 1.18 bits per heavy atom. The number of hydrogen-bond acceptors (Lipinski definition) is 5. The maximum atomic E-state index is 7.31. The maximum Gasteiger partial charge on any atom is 0.0947 e. The van der Waals surface area contributed by atoms with Crippen LogP contribution in [0.15, 0.2) is 0 Å². The molecule has 1 rings (SSSR count). The van der Waals surface area contributed by atoms with Gasteiger partial charge in [-0.15, -0.1) is 0 Å². The molecule has 0 saturated carbocycles. The summed E-state index contributed by atoms with van der Waals surface area (Å²) in [4.78, 5) is 0. The smallest absolute Gasteiger partial charge is 0.0947 e. The highest BCUT2D eigenvalue weighted by Crippen LogP contribution is 1.94. The molecule has 0 aromatic carbocycles.